The van der Waals surface area contributed by atoms with Crippen LogP contribution in [-0.4, -0.2) is 24.1 Å². The molecule has 0 fully saturated rings. The van der Waals surface area contributed by atoms with Gasteiger partial charge in [-0.1, -0.05) is 20.8 Å². The molecule has 0 saturated heterocycles. The fourth-order valence-electron chi connectivity index (χ4n) is 2.19. The third-order valence-electron chi connectivity index (χ3n) is 3.46. The lowest BCUT2D eigenvalue weighted by Gasteiger charge is -2.13. The van der Waals surface area contributed by atoms with E-state index in [0.717, 1.165) is 17.1 Å². The Hall–Kier alpha value is -2.08. The Bertz CT molecular complexity index is 698. The standard InChI is InChI=1S/C19H26N2O3S/c1-5-9-24-16-8-7-14(10-17(16)23-6-2)18(22)20-11-15-12-25-19(21-15)13(3)4/h7-8,10,12-13H,5-6,9,11H2,1-4H3,(H,20,22). The molecule has 0 aliphatic carbocycles. The summed E-state index contributed by atoms with van der Waals surface area (Å²) in [4.78, 5) is 16.9. The van der Waals surface area contributed by atoms with Crippen LogP contribution in [0, 0.1) is 0 Å². The number of amides is 1. The van der Waals surface area contributed by atoms with Gasteiger partial charge in [-0.3, -0.25) is 4.79 Å². The van der Waals surface area contributed by atoms with Gasteiger partial charge in [0.1, 0.15) is 0 Å². The SMILES string of the molecule is CCCOc1ccc(C(=O)NCc2csc(C(C)C)n2)cc1OCC. The van der Waals surface area contributed by atoms with Crippen LogP contribution >= 0.6 is 11.3 Å². The van der Waals surface area contributed by atoms with Gasteiger partial charge in [-0.05, 0) is 31.5 Å². The second-order valence-electron chi connectivity index (χ2n) is 5.96. The van der Waals surface area contributed by atoms with Gasteiger partial charge < -0.3 is 14.8 Å². The second-order valence-corrected chi connectivity index (χ2v) is 6.85. The largest absolute Gasteiger partial charge is 0.490 e. The van der Waals surface area contributed by atoms with Crippen LogP contribution in [0.2, 0.25) is 0 Å². The number of thiazole rings is 1. The lowest BCUT2D eigenvalue weighted by atomic mass is 10.2. The summed E-state index contributed by atoms with van der Waals surface area (Å²) >= 11 is 1.62. The van der Waals surface area contributed by atoms with E-state index in [1.807, 2.05) is 19.2 Å². The molecule has 0 aliphatic rings. The number of ether oxygens (including phenoxy) is 2. The van der Waals surface area contributed by atoms with Crippen LogP contribution in [0.25, 0.3) is 0 Å². The van der Waals surface area contributed by atoms with E-state index in [9.17, 15) is 4.79 Å². The number of benzene rings is 1. The van der Waals surface area contributed by atoms with Crippen molar-refractivity contribution in [2.45, 2.75) is 46.6 Å². The lowest BCUT2D eigenvalue weighted by Crippen LogP contribution is -2.23. The average Bonchev–Trinajstić information content (AvgIpc) is 3.08. The Kier molecular flexibility index (Phi) is 7.25. The normalized spacial score (nSPS) is 10.8. The predicted molar refractivity (Wildman–Crippen MR) is 101 cm³/mol. The van der Waals surface area contributed by atoms with Gasteiger partial charge in [0, 0.05) is 16.9 Å². The van der Waals surface area contributed by atoms with Crippen LogP contribution in [0.1, 0.15) is 61.1 Å². The van der Waals surface area contributed by atoms with Crippen molar-refractivity contribution in [3.05, 3.63) is 39.8 Å². The average molecular weight is 362 g/mol. The predicted octanol–water partition coefficient (Wildman–Crippen LogP) is 4.38. The zero-order chi connectivity index (χ0) is 18.2. The molecule has 1 amide bonds. The number of hydrogen-bond donors (Lipinski definition) is 1. The van der Waals surface area contributed by atoms with E-state index >= 15 is 0 Å². The van der Waals surface area contributed by atoms with Gasteiger partial charge in [-0.2, -0.15) is 0 Å². The maximum Gasteiger partial charge on any atom is 0.251 e. The van der Waals surface area contributed by atoms with E-state index in [4.69, 9.17) is 9.47 Å². The molecule has 5 nitrogen and oxygen atoms in total. The Balaban J connectivity index is 2.03. The monoisotopic (exact) mass is 362 g/mol. The summed E-state index contributed by atoms with van der Waals surface area (Å²) in [6, 6.07) is 5.27. The highest BCUT2D eigenvalue weighted by molar-refractivity contribution is 7.09. The van der Waals surface area contributed by atoms with Gasteiger partial charge in [0.05, 0.1) is 30.5 Å². The molecule has 6 heteroatoms. The van der Waals surface area contributed by atoms with Gasteiger partial charge in [0.15, 0.2) is 11.5 Å². The van der Waals surface area contributed by atoms with Gasteiger partial charge in [0.2, 0.25) is 0 Å². The van der Waals surface area contributed by atoms with Crippen LogP contribution in [0.4, 0.5) is 0 Å². The van der Waals surface area contributed by atoms with Crippen molar-refractivity contribution in [3.63, 3.8) is 0 Å². The second kappa shape index (κ2) is 9.42. The first kappa shape index (κ1) is 19.2. The van der Waals surface area contributed by atoms with Gasteiger partial charge in [-0.15, -0.1) is 11.3 Å². The van der Waals surface area contributed by atoms with Crippen LogP contribution < -0.4 is 14.8 Å². The van der Waals surface area contributed by atoms with Gasteiger partial charge >= 0.3 is 0 Å². The van der Waals surface area contributed by atoms with E-state index < -0.39 is 0 Å². The van der Waals surface area contributed by atoms with E-state index in [0.29, 0.717) is 42.7 Å². The number of aromatic nitrogens is 1. The summed E-state index contributed by atoms with van der Waals surface area (Å²) < 4.78 is 11.3. The van der Waals surface area contributed by atoms with Crippen LogP contribution in [0.3, 0.4) is 0 Å². The van der Waals surface area contributed by atoms with Crippen molar-refractivity contribution in [1.82, 2.24) is 10.3 Å². The summed E-state index contributed by atoms with van der Waals surface area (Å²) in [5, 5.41) is 5.98. The maximum atomic E-state index is 12.4. The van der Waals surface area contributed by atoms with Crippen LogP contribution in [0.5, 0.6) is 11.5 Å². The quantitative estimate of drug-likeness (QED) is 0.719. The Morgan fingerprint density at radius 1 is 1.24 bits per heavy atom. The fraction of sp³-hybridized carbons (Fsp3) is 0.474. The Morgan fingerprint density at radius 2 is 2.04 bits per heavy atom. The van der Waals surface area contributed by atoms with Crippen molar-refractivity contribution in [2.24, 2.45) is 0 Å². The Labute approximate surface area is 153 Å². The number of hydrogen-bond acceptors (Lipinski definition) is 5. The number of nitrogens with one attached hydrogen (secondary N) is 1. The first-order chi connectivity index (χ1) is 12.0. The minimum atomic E-state index is -0.151. The van der Waals surface area contributed by atoms with Crippen LogP contribution in [0.15, 0.2) is 23.6 Å². The first-order valence-electron chi connectivity index (χ1n) is 8.67. The van der Waals surface area contributed by atoms with Crippen molar-refractivity contribution in [1.29, 1.82) is 0 Å². The van der Waals surface area contributed by atoms with E-state index in [1.165, 1.54) is 0 Å². The molecule has 1 heterocycles. The van der Waals surface area contributed by atoms with Crippen molar-refractivity contribution >= 4 is 17.2 Å². The van der Waals surface area contributed by atoms with Crippen LogP contribution in [-0.2, 0) is 6.54 Å². The summed E-state index contributed by atoms with van der Waals surface area (Å²) in [7, 11) is 0. The highest BCUT2D eigenvalue weighted by Crippen LogP contribution is 2.28. The number of carbonyl (C=O) groups excluding carboxylic acids is 1. The lowest BCUT2D eigenvalue weighted by molar-refractivity contribution is 0.0950. The summed E-state index contributed by atoms with van der Waals surface area (Å²) in [6.45, 7) is 9.73. The van der Waals surface area contributed by atoms with Gasteiger partial charge in [0.25, 0.3) is 5.91 Å². The van der Waals surface area contributed by atoms with Crippen molar-refractivity contribution in [2.75, 3.05) is 13.2 Å². The zero-order valence-electron chi connectivity index (χ0n) is 15.3. The molecule has 0 radical (unpaired) electrons. The highest BCUT2D eigenvalue weighted by Gasteiger charge is 2.12. The number of carbonyl (C=O) groups is 1. The molecule has 0 aliphatic heterocycles. The fourth-order valence-corrected chi connectivity index (χ4v) is 3.03. The molecule has 2 aromatic rings. The number of rotatable bonds is 9. The van der Waals surface area contributed by atoms with E-state index in [1.54, 1.807) is 29.5 Å². The Morgan fingerprint density at radius 3 is 2.68 bits per heavy atom. The van der Waals surface area contributed by atoms with Crippen molar-refractivity contribution < 1.29 is 14.3 Å². The third-order valence-corrected chi connectivity index (χ3v) is 4.66. The van der Waals surface area contributed by atoms with E-state index in [2.05, 4.69) is 24.1 Å². The maximum absolute atomic E-state index is 12.4. The smallest absolute Gasteiger partial charge is 0.251 e. The summed E-state index contributed by atoms with van der Waals surface area (Å²) in [5.74, 6) is 1.52. The molecular weight excluding hydrogens is 336 g/mol. The molecule has 0 spiro atoms. The molecule has 0 bridgehead atoms. The molecule has 1 N–H and O–H groups in total. The molecule has 0 unspecified atom stereocenters. The molecule has 136 valence electrons. The zero-order valence-corrected chi connectivity index (χ0v) is 16.1. The molecule has 1 aromatic heterocycles. The third kappa shape index (κ3) is 5.46. The van der Waals surface area contributed by atoms with E-state index in [-0.39, 0.29) is 5.91 Å². The minimum absolute atomic E-state index is 0.151. The minimum Gasteiger partial charge on any atom is -0.490 e. The number of nitrogens with zero attached hydrogens (tertiary/aromatic N) is 1. The summed E-state index contributed by atoms with van der Waals surface area (Å²) in [5.41, 5.74) is 1.43. The summed E-state index contributed by atoms with van der Waals surface area (Å²) in [6.07, 6.45) is 0.916. The van der Waals surface area contributed by atoms with Crippen molar-refractivity contribution in [3.8, 4) is 11.5 Å². The topological polar surface area (TPSA) is 60.5 Å². The molecule has 2 rings (SSSR count). The molecule has 25 heavy (non-hydrogen) atoms. The molecule has 0 saturated carbocycles. The molecular formula is C19H26N2O3S. The van der Waals surface area contributed by atoms with Gasteiger partial charge in [-0.25, -0.2) is 4.98 Å². The first-order valence-corrected chi connectivity index (χ1v) is 9.55. The highest BCUT2D eigenvalue weighted by atomic mass is 32.1. The molecule has 0 atom stereocenters. The molecule has 1 aromatic carbocycles.